The van der Waals surface area contributed by atoms with Gasteiger partial charge in [0.25, 0.3) is 0 Å². The number of benzene rings is 2. The summed E-state index contributed by atoms with van der Waals surface area (Å²) in [5.74, 6) is -0.339. The summed E-state index contributed by atoms with van der Waals surface area (Å²) in [6, 6.07) is 14.1. The first-order chi connectivity index (χ1) is 8.79. The average Bonchev–Trinajstić information content (AvgIpc) is 2.82. The molecule has 1 heterocycles. The Morgan fingerprint density at radius 3 is 2.72 bits per heavy atom. The van der Waals surface area contributed by atoms with E-state index in [0.717, 1.165) is 16.5 Å². The minimum Gasteiger partial charge on any atom is -0.361 e. The van der Waals surface area contributed by atoms with Crippen molar-refractivity contribution < 1.29 is 4.39 Å². The van der Waals surface area contributed by atoms with Crippen LogP contribution >= 0.6 is 0 Å². The van der Waals surface area contributed by atoms with E-state index in [1.807, 2.05) is 24.3 Å². The maximum Gasteiger partial charge on any atom is 0.123 e. The van der Waals surface area contributed by atoms with E-state index in [1.54, 1.807) is 6.20 Å². The van der Waals surface area contributed by atoms with Crippen molar-refractivity contribution in [2.24, 2.45) is 0 Å². The molecule has 0 amide bonds. The van der Waals surface area contributed by atoms with Crippen LogP contribution < -0.4 is 0 Å². The van der Waals surface area contributed by atoms with Gasteiger partial charge >= 0.3 is 0 Å². The molecule has 3 aromatic rings. The Labute approximate surface area is 103 Å². The second-order valence-electron chi connectivity index (χ2n) is 4.05. The standard InChI is InChI=1S/C15H9FN2/c16-11-6-5-10(8-17)13(7-11)14-9-18-15-4-2-1-3-12(14)15/h1-7,9,18H. The molecule has 1 aromatic heterocycles. The Morgan fingerprint density at radius 2 is 1.89 bits per heavy atom. The Hall–Kier alpha value is -2.60. The molecule has 2 nitrogen and oxygen atoms in total. The number of hydrogen-bond donors (Lipinski definition) is 1. The van der Waals surface area contributed by atoms with Gasteiger partial charge in [-0.3, -0.25) is 0 Å². The molecule has 0 aliphatic heterocycles. The SMILES string of the molecule is N#Cc1ccc(F)cc1-c1c[nH]c2ccccc12. The van der Waals surface area contributed by atoms with Crippen molar-refractivity contribution >= 4 is 10.9 Å². The van der Waals surface area contributed by atoms with Crippen LogP contribution in [0.4, 0.5) is 4.39 Å². The van der Waals surface area contributed by atoms with Crippen molar-refractivity contribution in [1.82, 2.24) is 4.98 Å². The van der Waals surface area contributed by atoms with E-state index in [-0.39, 0.29) is 5.82 Å². The summed E-state index contributed by atoms with van der Waals surface area (Å²) in [5, 5.41) is 10.1. The zero-order valence-electron chi connectivity index (χ0n) is 9.44. The van der Waals surface area contributed by atoms with E-state index in [4.69, 9.17) is 5.26 Å². The molecule has 0 unspecified atom stereocenters. The van der Waals surface area contributed by atoms with Gasteiger partial charge in [-0.2, -0.15) is 5.26 Å². The average molecular weight is 236 g/mol. The molecule has 0 saturated heterocycles. The summed E-state index contributed by atoms with van der Waals surface area (Å²) in [7, 11) is 0. The lowest BCUT2D eigenvalue weighted by Crippen LogP contribution is -1.85. The van der Waals surface area contributed by atoms with Crippen LogP contribution in [0.2, 0.25) is 0 Å². The Kier molecular flexibility index (Phi) is 2.35. The Bertz CT molecular complexity index is 766. The van der Waals surface area contributed by atoms with E-state index in [9.17, 15) is 4.39 Å². The lowest BCUT2D eigenvalue weighted by molar-refractivity contribution is 0.628. The number of para-hydroxylation sites is 1. The number of nitrogens with zero attached hydrogens (tertiary/aromatic N) is 1. The van der Waals surface area contributed by atoms with Gasteiger partial charge in [-0.25, -0.2) is 4.39 Å². The Morgan fingerprint density at radius 1 is 1.06 bits per heavy atom. The minimum atomic E-state index is -0.339. The molecule has 86 valence electrons. The van der Waals surface area contributed by atoms with Gasteiger partial charge in [-0.15, -0.1) is 0 Å². The highest BCUT2D eigenvalue weighted by molar-refractivity contribution is 5.96. The molecular formula is C15H9FN2. The first-order valence-corrected chi connectivity index (χ1v) is 5.56. The molecule has 0 radical (unpaired) electrons. The fraction of sp³-hybridized carbons (Fsp3) is 0. The van der Waals surface area contributed by atoms with Crippen LogP contribution in [0.1, 0.15) is 5.56 Å². The second kappa shape index (κ2) is 4.01. The zero-order chi connectivity index (χ0) is 12.5. The van der Waals surface area contributed by atoms with Gasteiger partial charge in [0, 0.05) is 28.2 Å². The molecular weight excluding hydrogens is 227 g/mol. The lowest BCUT2D eigenvalue weighted by Gasteiger charge is -2.02. The third-order valence-corrected chi connectivity index (χ3v) is 2.98. The molecule has 0 aliphatic rings. The molecule has 1 N–H and O–H groups in total. The van der Waals surface area contributed by atoms with Gasteiger partial charge in [-0.05, 0) is 24.3 Å². The van der Waals surface area contributed by atoms with Crippen molar-refractivity contribution in [1.29, 1.82) is 5.26 Å². The van der Waals surface area contributed by atoms with Crippen molar-refractivity contribution in [3.8, 4) is 17.2 Å². The van der Waals surface area contributed by atoms with E-state index in [2.05, 4.69) is 11.1 Å². The number of hydrogen-bond acceptors (Lipinski definition) is 1. The van der Waals surface area contributed by atoms with E-state index in [0.29, 0.717) is 11.1 Å². The maximum atomic E-state index is 13.4. The first kappa shape index (κ1) is 10.5. The molecule has 2 aromatic carbocycles. The number of H-pyrrole nitrogens is 1. The number of rotatable bonds is 1. The maximum absolute atomic E-state index is 13.4. The number of halogens is 1. The van der Waals surface area contributed by atoms with Gasteiger partial charge in [0.15, 0.2) is 0 Å². The summed E-state index contributed by atoms with van der Waals surface area (Å²) in [6.07, 6.45) is 1.81. The van der Waals surface area contributed by atoms with Crippen LogP contribution in [-0.2, 0) is 0 Å². The molecule has 0 fully saturated rings. The molecule has 0 atom stereocenters. The zero-order valence-corrected chi connectivity index (χ0v) is 9.44. The van der Waals surface area contributed by atoms with E-state index >= 15 is 0 Å². The van der Waals surface area contributed by atoms with Crippen molar-refractivity contribution in [3.05, 3.63) is 60.0 Å². The number of aromatic amines is 1. The quantitative estimate of drug-likeness (QED) is 0.685. The van der Waals surface area contributed by atoms with E-state index in [1.165, 1.54) is 18.2 Å². The minimum absolute atomic E-state index is 0.339. The molecule has 0 saturated carbocycles. The predicted octanol–water partition coefficient (Wildman–Crippen LogP) is 3.85. The van der Waals surface area contributed by atoms with Gasteiger partial charge in [-0.1, -0.05) is 18.2 Å². The fourth-order valence-corrected chi connectivity index (χ4v) is 2.13. The largest absolute Gasteiger partial charge is 0.361 e. The van der Waals surface area contributed by atoms with Gasteiger partial charge in [0.05, 0.1) is 11.6 Å². The molecule has 0 bridgehead atoms. The first-order valence-electron chi connectivity index (χ1n) is 5.56. The molecule has 3 heteroatoms. The third-order valence-electron chi connectivity index (χ3n) is 2.98. The van der Waals surface area contributed by atoms with Crippen LogP contribution in [-0.4, -0.2) is 4.98 Å². The molecule has 0 aliphatic carbocycles. The molecule has 3 rings (SSSR count). The number of nitriles is 1. The van der Waals surface area contributed by atoms with Crippen LogP contribution in [0.15, 0.2) is 48.7 Å². The monoisotopic (exact) mass is 236 g/mol. The summed E-state index contributed by atoms with van der Waals surface area (Å²) in [6.45, 7) is 0. The third kappa shape index (κ3) is 1.56. The van der Waals surface area contributed by atoms with E-state index < -0.39 is 0 Å². The van der Waals surface area contributed by atoms with Gasteiger partial charge in [0.2, 0.25) is 0 Å². The summed E-state index contributed by atoms with van der Waals surface area (Å²) in [5.41, 5.74) is 2.92. The van der Waals surface area contributed by atoms with Crippen LogP contribution in [0.3, 0.4) is 0 Å². The highest BCUT2D eigenvalue weighted by atomic mass is 19.1. The number of fused-ring (bicyclic) bond motifs is 1. The second-order valence-corrected chi connectivity index (χ2v) is 4.05. The Balaban J connectivity index is 2.33. The molecule has 0 spiro atoms. The van der Waals surface area contributed by atoms with Crippen molar-refractivity contribution in [2.75, 3.05) is 0 Å². The summed E-state index contributed by atoms with van der Waals surface area (Å²) < 4.78 is 13.4. The van der Waals surface area contributed by atoms with Crippen molar-refractivity contribution in [3.63, 3.8) is 0 Å². The van der Waals surface area contributed by atoms with Crippen molar-refractivity contribution in [2.45, 2.75) is 0 Å². The van der Waals surface area contributed by atoms with Crippen LogP contribution in [0, 0.1) is 17.1 Å². The van der Waals surface area contributed by atoms with Gasteiger partial charge in [0.1, 0.15) is 5.82 Å². The summed E-state index contributed by atoms with van der Waals surface area (Å²) >= 11 is 0. The normalized spacial score (nSPS) is 10.4. The number of nitrogens with one attached hydrogen (secondary N) is 1. The number of aromatic nitrogens is 1. The van der Waals surface area contributed by atoms with Crippen LogP contribution in [0.5, 0.6) is 0 Å². The van der Waals surface area contributed by atoms with Crippen LogP contribution in [0.25, 0.3) is 22.0 Å². The predicted molar refractivity (Wildman–Crippen MR) is 68.4 cm³/mol. The van der Waals surface area contributed by atoms with Gasteiger partial charge < -0.3 is 4.98 Å². The lowest BCUT2D eigenvalue weighted by atomic mass is 10.00. The fourth-order valence-electron chi connectivity index (χ4n) is 2.13. The topological polar surface area (TPSA) is 39.6 Å². The smallest absolute Gasteiger partial charge is 0.123 e. The highest BCUT2D eigenvalue weighted by Crippen LogP contribution is 2.31. The summed E-state index contributed by atoms with van der Waals surface area (Å²) in [4.78, 5) is 3.13. The molecule has 18 heavy (non-hydrogen) atoms. The highest BCUT2D eigenvalue weighted by Gasteiger charge is 2.10.